The molecule has 166 valence electrons. The molecule has 0 fully saturated rings. The SMILES string of the molecule is CCC(C)N(Cc1csc(COc2cccc(C)c2C)n1)S(=O)(=O)c1ccc(C)cc1. The average Bonchev–Trinajstić information content (AvgIpc) is 3.20. The highest BCUT2D eigenvalue weighted by Crippen LogP contribution is 2.25. The number of nitrogens with zero attached hydrogens (tertiary/aromatic N) is 2. The van der Waals surface area contributed by atoms with Crippen molar-refractivity contribution in [2.24, 2.45) is 0 Å². The monoisotopic (exact) mass is 458 g/mol. The molecule has 0 saturated heterocycles. The first-order valence-electron chi connectivity index (χ1n) is 10.4. The molecule has 2 aromatic carbocycles. The number of rotatable bonds is 9. The van der Waals surface area contributed by atoms with Gasteiger partial charge in [0.2, 0.25) is 10.0 Å². The fourth-order valence-corrected chi connectivity index (χ4v) is 5.57. The molecule has 1 atom stereocenters. The summed E-state index contributed by atoms with van der Waals surface area (Å²) in [5.74, 6) is 0.847. The van der Waals surface area contributed by atoms with Gasteiger partial charge in [0.15, 0.2) is 0 Å². The molecule has 3 rings (SSSR count). The van der Waals surface area contributed by atoms with E-state index in [0.29, 0.717) is 11.5 Å². The van der Waals surface area contributed by atoms with E-state index in [2.05, 4.69) is 18.0 Å². The third-order valence-electron chi connectivity index (χ3n) is 5.53. The highest BCUT2D eigenvalue weighted by Gasteiger charge is 2.29. The van der Waals surface area contributed by atoms with Crippen LogP contribution in [-0.2, 0) is 23.2 Å². The summed E-state index contributed by atoms with van der Waals surface area (Å²) in [5.41, 5.74) is 4.07. The molecule has 0 spiro atoms. The fourth-order valence-electron chi connectivity index (χ4n) is 3.19. The van der Waals surface area contributed by atoms with E-state index < -0.39 is 10.0 Å². The minimum atomic E-state index is -3.62. The van der Waals surface area contributed by atoms with Crippen LogP contribution in [0.3, 0.4) is 0 Å². The Morgan fingerprint density at radius 3 is 2.48 bits per heavy atom. The van der Waals surface area contributed by atoms with Crippen molar-refractivity contribution in [3.63, 3.8) is 0 Å². The van der Waals surface area contributed by atoms with E-state index in [-0.39, 0.29) is 12.6 Å². The van der Waals surface area contributed by atoms with Crippen molar-refractivity contribution in [3.8, 4) is 5.75 Å². The van der Waals surface area contributed by atoms with Gasteiger partial charge in [0.05, 0.1) is 17.1 Å². The molecule has 0 aliphatic heterocycles. The second kappa shape index (κ2) is 9.94. The van der Waals surface area contributed by atoms with Crippen LogP contribution in [0.2, 0.25) is 0 Å². The van der Waals surface area contributed by atoms with Crippen LogP contribution in [0.1, 0.15) is 47.7 Å². The van der Waals surface area contributed by atoms with E-state index >= 15 is 0 Å². The van der Waals surface area contributed by atoms with Gasteiger partial charge in [-0.25, -0.2) is 13.4 Å². The van der Waals surface area contributed by atoms with E-state index in [1.165, 1.54) is 16.9 Å². The number of hydrogen-bond donors (Lipinski definition) is 0. The first-order valence-corrected chi connectivity index (χ1v) is 12.7. The molecule has 7 heteroatoms. The van der Waals surface area contributed by atoms with E-state index in [1.54, 1.807) is 16.4 Å². The molecule has 1 aromatic heterocycles. The maximum atomic E-state index is 13.3. The number of aryl methyl sites for hydroxylation is 2. The van der Waals surface area contributed by atoms with E-state index in [1.807, 2.05) is 57.3 Å². The van der Waals surface area contributed by atoms with Crippen LogP contribution in [0.25, 0.3) is 0 Å². The van der Waals surface area contributed by atoms with E-state index in [9.17, 15) is 8.42 Å². The highest BCUT2D eigenvalue weighted by atomic mass is 32.2. The molecule has 0 amide bonds. The summed E-state index contributed by atoms with van der Waals surface area (Å²) in [6.07, 6.45) is 0.720. The van der Waals surface area contributed by atoms with E-state index in [0.717, 1.165) is 34.0 Å². The molecule has 0 aliphatic rings. The van der Waals surface area contributed by atoms with Gasteiger partial charge >= 0.3 is 0 Å². The number of aromatic nitrogens is 1. The number of ether oxygens (including phenoxy) is 1. The van der Waals surface area contributed by atoms with Crippen molar-refractivity contribution in [2.75, 3.05) is 0 Å². The largest absolute Gasteiger partial charge is 0.486 e. The Labute approximate surface area is 189 Å². The topological polar surface area (TPSA) is 59.5 Å². The standard InChI is InChI=1S/C24H30N2O3S2/c1-6-19(4)26(31(27,28)22-12-10-17(2)11-13-22)14-21-16-30-24(25-21)15-29-23-9-7-8-18(3)20(23)5/h7-13,16,19H,6,14-15H2,1-5H3. The lowest BCUT2D eigenvalue weighted by Gasteiger charge is -2.27. The summed E-state index contributed by atoms with van der Waals surface area (Å²) in [6.45, 7) is 10.6. The minimum absolute atomic E-state index is 0.136. The molecule has 0 saturated carbocycles. The second-order valence-corrected chi connectivity index (χ2v) is 10.7. The summed E-state index contributed by atoms with van der Waals surface area (Å²) in [4.78, 5) is 4.95. The Balaban J connectivity index is 1.76. The second-order valence-electron chi connectivity index (χ2n) is 7.84. The summed E-state index contributed by atoms with van der Waals surface area (Å²) in [6, 6.07) is 12.8. The van der Waals surface area contributed by atoms with Crippen molar-refractivity contribution >= 4 is 21.4 Å². The Morgan fingerprint density at radius 1 is 1.10 bits per heavy atom. The van der Waals surface area contributed by atoms with Gasteiger partial charge in [0.1, 0.15) is 17.4 Å². The predicted octanol–water partition coefficient (Wildman–Crippen LogP) is 5.64. The zero-order valence-corrected chi connectivity index (χ0v) is 20.4. The van der Waals surface area contributed by atoms with Crippen LogP contribution in [0.15, 0.2) is 52.7 Å². The summed E-state index contributed by atoms with van der Waals surface area (Å²) >= 11 is 1.49. The normalized spacial score (nSPS) is 12.8. The highest BCUT2D eigenvalue weighted by molar-refractivity contribution is 7.89. The molecule has 0 bridgehead atoms. The van der Waals surface area contributed by atoms with E-state index in [4.69, 9.17) is 4.74 Å². The van der Waals surface area contributed by atoms with Crippen LogP contribution in [0.5, 0.6) is 5.75 Å². The molecule has 1 unspecified atom stereocenters. The van der Waals surface area contributed by atoms with Gasteiger partial charge in [0.25, 0.3) is 0 Å². The quantitative estimate of drug-likeness (QED) is 0.416. The molecule has 0 aliphatic carbocycles. The molecule has 0 N–H and O–H groups in total. The third-order valence-corrected chi connectivity index (χ3v) is 8.38. The van der Waals surface area contributed by atoms with Crippen LogP contribution >= 0.6 is 11.3 Å². The van der Waals surface area contributed by atoms with Gasteiger partial charge in [-0.3, -0.25) is 0 Å². The molecule has 31 heavy (non-hydrogen) atoms. The lowest BCUT2D eigenvalue weighted by Crippen LogP contribution is -2.37. The zero-order valence-electron chi connectivity index (χ0n) is 18.8. The Kier molecular flexibility index (Phi) is 7.51. The van der Waals surface area contributed by atoms with Crippen LogP contribution < -0.4 is 4.74 Å². The maximum absolute atomic E-state index is 13.3. The lowest BCUT2D eigenvalue weighted by molar-refractivity contribution is 0.300. The number of sulfonamides is 1. The van der Waals surface area contributed by atoms with Crippen molar-refractivity contribution in [1.82, 2.24) is 9.29 Å². The third kappa shape index (κ3) is 5.53. The van der Waals surface area contributed by atoms with Crippen LogP contribution in [0, 0.1) is 20.8 Å². The Bertz CT molecular complexity index is 1120. The molecule has 1 heterocycles. The fraction of sp³-hybridized carbons (Fsp3) is 0.375. The van der Waals surface area contributed by atoms with Crippen molar-refractivity contribution in [1.29, 1.82) is 0 Å². The zero-order chi connectivity index (χ0) is 22.6. The van der Waals surface area contributed by atoms with Crippen molar-refractivity contribution in [2.45, 2.75) is 65.1 Å². The summed E-state index contributed by atoms with van der Waals surface area (Å²) < 4.78 is 34.1. The Hall–Kier alpha value is -2.22. The number of thiazole rings is 1. The number of benzene rings is 2. The van der Waals surface area contributed by atoms with Gasteiger partial charge in [-0.15, -0.1) is 11.3 Å². The minimum Gasteiger partial charge on any atom is -0.486 e. The predicted molar refractivity (Wildman–Crippen MR) is 126 cm³/mol. The average molecular weight is 459 g/mol. The molecule has 0 radical (unpaired) electrons. The molecule has 3 aromatic rings. The lowest BCUT2D eigenvalue weighted by atomic mass is 10.1. The summed E-state index contributed by atoms with van der Waals surface area (Å²) in [7, 11) is -3.62. The first-order chi connectivity index (χ1) is 14.7. The van der Waals surface area contributed by atoms with Gasteiger partial charge in [0, 0.05) is 11.4 Å². The maximum Gasteiger partial charge on any atom is 0.243 e. The van der Waals surface area contributed by atoms with Gasteiger partial charge < -0.3 is 4.74 Å². The smallest absolute Gasteiger partial charge is 0.243 e. The number of hydrogen-bond acceptors (Lipinski definition) is 5. The van der Waals surface area contributed by atoms with Crippen LogP contribution in [-0.4, -0.2) is 23.7 Å². The first kappa shape index (κ1) is 23.4. The van der Waals surface area contributed by atoms with Crippen molar-refractivity contribution in [3.05, 3.63) is 75.2 Å². The molecule has 5 nitrogen and oxygen atoms in total. The van der Waals surface area contributed by atoms with Crippen LogP contribution in [0.4, 0.5) is 0 Å². The Morgan fingerprint density at radius 2 is 1.81 bits per heavy atom. The van der Waals surface area contributed by atoms with Gasteiger partial charge in [-0.1, -0.05) is 36.8 Å². The summed E-state index contributed by atoms with van der Waals surface area (Å²) in [5, 5.41) is 2.75. The van der Waals surface area contributed by atoms with Gasteiger partial charge in [-0.05, 0) is 63.4 Å². The molecular weight excluding hydrogens is 428 g/mol. The van der Waals surface area contributed by atoms with Gasteiger partial charge in [-0.2, -0.15) is 4.31 Å². The van der Waals surface area contributed by atoms with Crippen molar-refractivity contribution < 1.29 is 13.2 Å². The molecular formula is C24H30N2O3S2.